The normalized spacial score (nSPS) is 24.3. The summed E-state index contributed by atoms with van der Waals surface area (Å²) in [6.07, 6.45) is 1.67. The van der Waals surface area contributed by atoms with Crippen LogP contribution in [0.25, 0.3) is 0 Å². The van der Waals surface area contributed by atoms with Gasteiger partial charge in [0.2, 0.25) is 11.8 Å². The number of β-amino-alcohol motifs (C(OH)–C–C–N with tert-alkyl or cyclic N) is 1. The van der Waals surface area contributed by atoms with Crippen molar-refractivity contribution < 1.29 is 23.8 Å². The van der Waals surface area contributed by atoms with Crippen LogP contribution in [0.2, 0.25) is 0 Å². The SMILES string of the molecule is CC(=O)N1CCC(N2CCN(C(C)=O)C[C@](O)(COc3cccc(F)c3)C2)CC1. The first kappa shape index (κ1) is 21.5. The molecule has 1 atom stereocenters. The molecule has 0 unspecified atom stereocenters. The highest BCUT2D eigenvalue weighted by molar-refractivity contribution is 5.73. The van der Waals surface area contributed by atoms with E-state index >= 15 is 0 Å². The third-order valence-corrected chi connectivity index (χ3v) is 5.81. The molecule has 2 aliphatic heterocycles. The summed E-state index contributed by atoms with van der Waals surface area (Å²) in [5, 5.41) is 11.3. The highest BCUT2D eigenvalue weighted by Crippen LogP contribution is 2.24. The van der Waals surface area contributed by atoms with Crippen LogP contribution >= 0.6 is 0 Å². The lowest BCUT2D eigenvalue weighted by Gasteiger charge is -2.40. The quantitative estimate of drug-likeness (QED) is 0.810. The lowest BCUT2D eigenvalue weighted by molar-refractivity contribution is -0.132. The van der Waals surface area contributed by atoms with Crippen LogP contribution in [0.1, 0.15) is 26.7 Å². The van der Waals surface area contributed by atoms with Crippen molar-refractivity contribution in [3.05, 3.63) is 30.1 Å². The Hall–Kier alpha value is -2.19. The van der Waals surface area contributed by atoms with Gasteiger partial charge in [-0.25, -0.2) is 4.39 Å². The van der Waals surface area contributed by atoms with Crippen molar-refractivity contribution in [2.24, 2.45) is 0 Å². The molecule has 0 bridgehead atoms. The second-order valence-electron chi connectivity index (χ2n) is 8.12. The molecule has 2 saturated heterocycles. The minimum Gasteiger partial charge on any atom is -0.490 e. The van der Waals surface area contributed by atoms with E-state index in [0.29, 0.717) is 38.5 Å². The monoisotopic (exact) mass is 407 g/mol. The molecule has 2 heterocycles. The van der Waals surface area contributed by atoms with Crippen LogP contribution in [0.4, 0.5) is 4.39 Å². The van der Waals surface area contributed by atoms with Gasteiger partial charge in [0.15, 0.2) is 0 Å². The van der Waals surface area contributed by atoms with Crippen LogP contribution in [-0.2, 0) is 9.59 Å². The Morgan fingerprint density at radius 2 is 1.79 bits per heavy atom. The van der Waals surface area contributed by atoms with E-state index in [9.17, 15) is 19.1 Å². The zero-order valence-electron chi connectivity index (χ0n) is 17.1. The maximum atomic E-state index is 13.4. The predicted molar refractivity (Wildman–Crippen MR) is 106 cm³/mol. The van der Waals surface area contributed by atoms with E-state index in [-0.39, 0.29) is 31.0 Å². The number of benzene rings is 1. The zero-order chi connectivity index (χ0) is 21.0. The van der Waals surface area contributed by atoms with Crippen LogP contribution in [0.3, 0.4) is 0 Å². The number of hydrogen-bond acceptors (Lipinski definition) is 5. The number of amides is 2. The van der Waals surface area contributed by atoms with Crippen molar-refractivity contribution in [2.75, 3.05) is 45.9 Å². The third kappa shape index (κ3) is 5.67. The largest absolute Gasteiger partial charge is 0.490 e. The molecule has 2 amide bonds. The first-order chi connectivity index (χ1) is 13.8. The fourth-order valence-electron chi connectivity index (χ4n) is 4.18. The molecule has 1 aromatic carbocycles. The average molecular weight is 407 g/mol. The van der Waals surface area contributed by atoms with Crippen LogP contribution < -0.4 is 4.74 Å². The molecule has 7 nitrogen and oxygen atoms in total. The van der Waals surface area contributed by atoms with Gasteiger partial charge in [0, 0.05) is 58.7 Å². The molecule has 0 spiro atoms. The van der Waals surface area contributed by atoms with Gasteiger partial charge >= 0.3 is 0 Å². The zero-order valence-corrected chi connectivity index (χ0v) is 17.1. The average Bonchev–Trinajstić information content (AvgIpc) is 2.86. The number of piperidine rings is 1. The maximum Gasteiger partial charge on any atom is 0.219 e. The fourth-order valence-corrected chi connectivity index (χ4v) is 4.18. The topological polar surface area (TPSA) is 73.3 Å². The molecule has 29 heavy (non-hydrogen) atoms. The van der Waals surface area contributed by atoms with Crippen LogP contribution in [0.5, 0.6) is 5.75 Å². The molecule has 8 heteroatoms. The number of carbonyl (C=O) groups is 2. The second kappa shape index (κ2) is 9.09. The summed E-state index contributed by atoms with van der Waals surface area (Å²) in [6, 6.07) is 6.04. The van der Waals surface area contributed by atoms with Crippen molar-refractivity contribution in [2.45, 2.75) is 38.3 Å². The molecule has 0 aromatic heterocycles. The summed E-state index contributed by atoms with van der Waals surface area (Å²) in [4.78, 5) is 29.3. The van der Waals surface area contributed by atoms with Crippen molar-refractivity contribution in [1.82, 2.24) is 14.7 Å². The molecule has 0 radical (unpaired) electrons. The van der Waals surface area contributed by atoms with Crippen LogP contribution in [-0.4, -0.2) is 89.1 Å². The first-order valence-electron chi connectivity index (χ1n) is 10.1. The minimum absolute atomic E-state index is 0.0387. The number of carbonyl (C=O) groups excluding carboxylic acids is 2. The van der Waals surface area contributed by atoms with Gasteiger partial charge in [0.1, 0.15) is 23.8 Å². The summed E-state index contributed by atoms with van der Waals surface area (Å²) in [5.41, 5.74) is -1.27. The Labute approximate surface area is 171 Å². The molecule has 2 fully saturated rings. The number of halogens is 1. The van der Waals surface area contributed by atoms with Gasteiger partial charge in [-0.1, -0.05) is 6.07 Å². The summed E-state index contributed by atoms with van der Waals surface area (Å²) < 4.78 is 19.1. The Bertz CT molecular complexity index is 738. The van der Waals surface area contributed by atoms with E-state index < -0.39 is 11.4 Å². The van der Waals surface area contributed by atoms with E-state index in [0.717, 1.165) is 12.8 Å². The number of hydrogen-bond donors (Lipinski definition) is 1. The molecule has 2 aliphatic rings. The van der Waals surface area contributed by atoms with E-state index in [1.807, 2.05) is 4.90 Å². The molecular weight excluding hydrogens is 377 g/mol. The minimum atomic E-state index is -1.27. The van der Waals surface area contributed by atoms with Gasteiger partial charge in [-0.3, -0.25) is 14.5 Å². The van der Waals surface area contributed by atoms with Crippen molar-refractivity contribution >= 4 is 11.8 Å². The van der Waals surface area contributed by atoms with Crippen LogP contribution in [0, 0.1) is 5.82 Å². The Balaban J connectivity index is 1.69. The highest BCUT2D eigenvalue weighted by atomic mass is 19.1. The van der Waals surface area contributed by atoms with E-state index in [1.54, 1.807) is 24.0 Å². The summed E-state index contributed by atoms with van der Waals surface area (Å²) in [5.74, 6) is -0.0672. The van der Waals surface area contributed by atoms with Crippen molar-refractivity contribution in [1.29, 1.82) is 0 Å². The Morgan fingerprint density at radius 3 is 2.41 bits per heavy atom. The first-order valence-corrected chi connectivity index (χ1v) is 10.1. The lowest BCUT2D eigenvalue weighted by atomic mass is 9.99. The molecule has 1 N–H and O–H groups in total. The smallest absolute Gasteiger partial charge is 0.219 e. The third-order valence-electron chi connectivity index (χ3n) is 5.81. The Morgan fingerprint density at radius 1 is 1.10 bits per heavy atom. The van der Waals surface area contributed by atoms with Crippen molar-refractivity contribution in [3.63, 3.8) is 0 Å². The van der Waals surface area contributed by atoms with Gasteiger partial charge in [0.25, 0.3) is 0 Å². The van der Waals surface area contributed by atoms with Gasteiger partial charge in [-0.15, -0.1) is 0 Å². The molecular formula is C21H30FN3O4. The fraction of sp³-hybridized carbons (Fsp3) is 0.619. The van der Waals surface area contributed by atoms with Gasteiger partial charge in [-0.05, 0) is 25.0 Å². The van der Waals surface area contributed by atoms with Crippen molar-refractivity contribution in [3.8, 4) is 5.75 Å². The van der Waals surface area contributed by atoms with E-state index in [4.69, 9.17) is 4.74 Å². The van der Waals surface area contributed by atoms with Gasteiger partial charge in [0.05, 0.1) is 6.54 Å². The molecule has 1 aromatic rings. The van der Waals surface area contributed by atoms with Crippen LogP contribution in [0.15, 0.2) is 24.3 Å². The number of ether oxygens (including phenoxy) is 1. The van der Waals surface area contributed by atoms with Gasteiger partial charge < -0.3 is 19.6 Å². The number of nitrogens with zero attached hydrogens (tertiary/aromatic N) is 3. The summed E-state index contributed by atoms with van der Waals surface area (Å²) in [6.45, 7) is 6.15. The lowest BCUT2D eigenvalue weighted by Crippen LogP contribution is -2.54. The van der Waals surface area contributed by atoms with Gasteiger partial charge in [-0.2, -0.15) is 0 Å². The standard InChI is InChI=1S/C21H30FN3O4/c1-16(26)23-8-6-19(7-9-23)25-11-10-24(17(2)27)13-21(28,14-25)15-29-20-5-3-4-18(22)12-20/h3-5,12,19,28H,6-11,13-15H2,1-2H3/t21-/m1/s1. The van der Waals surface area contributed by atoms with E-state index in [2.05, 4.69) is 4.90 Å². The highest BCUT2D eigenvalue weighted by Gasteiger charge is 2.39. The maximum absolute atomic E-state index is 13.4. The number of rotatable bonds is 4. The predicted octanol–water partition coefficient (Wildman–Crippen LogP) is 1.11. The number of likely N-dealkylation sites (tertiary alicyclic amines) is 1. The second-order valence-corrected chi connectivity index (χ2v) is 8.12. The molecule has 0 aliphatic carbocycles. The van der Waals surface area contributed by atoms with E-state index in [1.165, 1.54) is 19.1 Å². The summed E-state index contributed by atoms with van der Waals surface area (Å²) in [7, 11) is 0. The number of aliphatic hydroxyl groups is 1. The molecule has 160 valence electrons. The molecule has 0 saturated carbocycles. The summed E-state index contributed by atoms with van der Waals surface area (Å²) >= 11 is 0. The molecule has 3 rings (SSSR count). The Kier molecular flexibility index (Phi) is 6.74.